The number of aryl methyl sites for hydroxylation is 2. The molecule has 3 aromatic carbocycles. The highest BCUT2D eigenvalue weighted by Crippen LogP contribution is 2.37. The molecule has 0 radical (unpaired) electrons. The summed E-state index contributed by atoms with van der Waals surface area (Å²) in [7, 11) is 1.59. The van der Waals surface area contributed by atoms with Crippen LogP contribution in [0.25, 0.3) is 0 Å². The van der Waals surface area contributed by atoms with Crippen molar-refractivity contribution in [1.82, 2.24) is 0 Å². The Morgan fingerprint density at radius 3 is 1.86 bits per heavy atom. The van der Waals surface area contributed by atoms with Gasteiger partial charge in [0.2, 0.25) is 0 Å². The molecule has 0 saturated carbocycles. The zero-order chi connectivity index (χ0) is 27.4. The number of hydrogen-bond donors (Lipinski definition) is 2. The predicted molar refractivity (Wildman–Crippen MR) is 138 cm³/mol. The van der Waals surface area contributed by atoms with E-state index in [1.165, 1.54) is 13.0 Å². The second kappa shape index (κ2) is 11.2. The number of benzene rings is 3. The number of ether oxygens (including phenoxy) is 4. The fraction of sp³-hybridized carbons (Fsp3) is 0.310. The number of carbonyl (C=O) groups is 2. The summed E-state index contributed by atoms with van der Waals surface area (Å²) in [6, 6.07) is 10.6. The van der Waals surface area contributed by atoms with E-state index in [2.05, 4.69) is 0 Å². The number of methoxy groups -OCH3 is 1. The summed E-state index contributed by atoms with van der Waals surface area (Å²) < 4.78 is 21.8. The van der Waals surface area contributed by atoms with Crippen LogP contribution in [0.5, 0.6) is 28.7 Å². The Morgan fingerprint density at radius 1 is 0.811 bits per heavy atom. The molecule has 3 aromatic rings. The van der Waals surface area contributed by atoms with Gasteiger partial charge in [0, 0.05) is 11.1 Å². The molecule has 0 aliphatic rings. The van der Waals surface area contributed by atoms with Gasteiger partial charge in [-0.3, -0.25) is 0 Å². The van der Waals surface area contributed by atoms with Crippen molar-refractivity contribution in [2.24, 2.45) is 0 Å². The summed E-state index contributed by atoms with van der Waals surface area (Å²) in [6.07, 6.45) is -0.360. The van der Waals surface area contributed by atoms with Gasteiger partial charge in [-0.1, -0.05) is 12.1 Å². The van der Waals surface area contributed by atoms with Crippen LogP contribution in [0.1, 0.15) is 62.4 Å². The van der Waals surface area contributed by atoms with Crippen LogP contribution in [-0.4, -0.2) is 35.4 Å². The quantitative estimate of drug-likeness (QED) is 0.294. The molecule has 0 aliphatic heterocycles. The zero-order valence-corrected chi connectivity index (χ0v) is 22.1. The third-order valence-electron chi connectivity index (χ3n) is 5.91. The monoisotopic (exact) mass is 508 g/mol. The average Bonchev–Trinajstić information content (AvgIpc) is 2.83. The van der Waals surface area contributed by atoms with Crippen molar-refractivity contribution in [3.05, 3.63) is 75.3 Å². The first-order valence-electron chi connectivity index (χ1n) is 11.8. The van der Waals surface area contributed by atoms with Gasteiger partial charge >= 0.3 is 11.9 Å². The lowest BCUT2D eigenvalue weighted by molar-refractivity contribution is 0.0373. The lowest BCUT2D eigenvalue weighted by atomic mass is 10.0. The SMILES string of the molecule is COc1ccc(COc2cc(C)c(C(=O)Oc3cc(C)c(C(=O)OC(C)C)c(O)c3C)c(O)c2C)cc1. The van der Waals surface area contributed by atoms with Crippen LogP contribution < -0.4 is 14.2 Å². The number of esters is 2. The number of hydrogen-bond acceptors (Lipinski definition) is 8. The molecular formula is C29H32O8. The Kier molecular flexibility index (Phi) is 8.32. The van der Waals surface area contributed by atoms with Crippen molar-refractivity contribution in [2.75, 3.05) is 7.11 Å². The minimum Gasteiger partial charge on any atom is -0.507 e. The number of aromatic hydroxyl groups is 2. The van der Waals surface area contributed by atoms with Crippen LogP contribution in [-0.2, 0) is 11.3 Å². The van der Waals surface area contributed by atoms with E-state index >= 15 is 0 Å². The van der Waals surface area contributed by atoms with E-state index in [1.807, 2.05) is 24.3 Å². The van der Waals surface area contributed by atoms with Crippen molar-refractivity contribution in [3.8, 4) is 28.7 Å². The number of rotatable bonds is 8. The van der Waals surface area contributed by atoms with E-state index < -0.39 is 11.9 Å². The van der Waals surface area contributed by atoms with Gasteiger partial charge in [0.25, 0.3) is 0 Å². The molecule has 8 heteroatoms. The van der Waals surface area contributed by atoms with E-state index in [0.29, 0.717) is 22.4 Å². The summed E-state index contributed by atoms with van der Waals surface area (Å²) in [5, 5.41) is 21.5. The van der Waals surface area contributed by atoms with E-state index in [9.17, 15) is 19.8 Å². The maximum atomic E-state index is 13.1. The molecule has 0 spiro atoms. The fourth-order valence-corrected chi connectivity index (χ4v) is 3.81. The van der Waals surface area contributed by atoms with Crippen LogP contribution >= 0.6 is 0 Å². The minimum atomic E-state index is -0.806. The van der Waals surface area contributed by atoms with Gasteiger partial charge in [-0.15, -0.1) is 0 Å². The maximum Gasteiger partial charge on any atom is 0.347 e. The van der Waals surface area contributed by atoms with E-state index in [4.69, 9.17) is 18.9 Å². The molecule has 0 fully saturated rings. The van der Waals surface area contributed by atoms with Gasteiger partial charge < -0.3 is 29.2 Å². The molecule has 196 valence electrons. The average molecular weight is 509 g/mol. The van der Waals surface area contributed by atoms with Crippen molar-refractivity contribution in [3.63, 3.8) is 0 Å². The number of carbonyl (C=O) groups excluding carboxylic acids is 2. The molecule has 2 N–H and O–H groups in total. The normalized spacial score (nSPS) is 10.8. The molecule has 37 heavy (non-hydrogen) atoms. The smallest absolute Gasteiger partial charge is 0.347 e. The summed E-state index contributed by atoms with van der Waals surface area (Å²) in [4.78, 5) is 25.5. The molecule has 0 saturated heterocycles. The van der Waals surface area contributed by atoms with Gasteiger partial charge in [-0.25, -0.2) is 9.59 Å². The molecule has 0 unspecified atom stereocenters. The third kappa shape index (κ3) is 5.97. The van der Waals surface area contributed by atoms with Gasteiger partial charge in [-0.2, -0.15) is 0 Å². The van der Waals surface area contributed by atoms with Crippen LogP contribution in [0.15, 0.2) is 36.4 Å². The summed E-state index contributed by atoms with van der Waals surface area (Å²) in [5.74, 6) is -0.824. The molecule has 0 aromatic heterocycles. The highest BCUT2D eigenvalue weighted by atomic mass is 16.5. The van der Waals surface area contributed by atoms with Gasteiger partial charge in [0.1, 0.15) is 46.5 Å². The van der Waals surface area contributed by atoms with Gasteiger partial charge in [0.05, 0.1) is 13.2 Å². The largest absolute Gasteiger partial charge is 0.507 e. The second-order valence-corrected chi connectivity index (χ2v) is 9.06. The van der Waals surface area contributed by atoms with Crippen LogP contribution in [0.3, 0.4) is 0 Å². The lowest BCUT2D eigenvalue weighted by Crippen LogP contribution is -2.15. The summed E-state index contributed by atoms with van der Waals surface area (Å²) >= 11 is 0. The predicted octanol–water partition coefficient (Wildman–Crippen LogP) is 5.70. The lowest BCUT2D eigenvalue weighted by Gasteiger charge is -2.18. The third-order valence-corrected chi connectivity index (χ3v) is 5.91. The summed E-state index contributed by atoms with van der Waals surface area (Å²) in [5.41, 5.74) is 2.32. The Bertz CT molecular complexity index is 1320. The first-order valence-corrected chi connectivity index (χ1v) is 11.8. The topological polar surface area (TPSA) is 112 Å². The van der Waals surface area contributed by atoms with Crippen LogP contribution in [0.2, 0.25) is 0 Å². The van der Waals surface area contributed by atoms with Gasteiger partial charge in [0.15, 0.2) is 0 Å². The van der Waals surface area contributed by atoms with E-state index in [0.717, 1.165) is 11.3 Å². The Labute approximate surface area is 216 Å². The Hall–Kier alpha value is -4.20. The van der Waals surface area contributed by atoms with E-state index in [1.54, 1.807) is 47.8 Å². The van der Waals surface area contributed by atoms with Crippen molar-refractivity contribution in [2.45, 2.75) is 54.3 Å². The molecule has 0 heterocycles. The van der Waals surface area contributed by atoms with E-state index in [-0.39, 0.29) is 46.6 Å². The Balaban J connectivity index is 1.84. The first-order chi connectivity index (χ1) is 17.4. The van der Waals surface area contributed by atoms with Gasteiger partial charge in [-0.05, 0) is 82.5 Å². The molecule has 0 amide bonds. The number of phenols is 2. The molecule has 0 bridgehead atoms. The zero-order valence-electron chi connectivity index (χ0n) is 22.1. The summed E-state index contributed by atoms with van der Waals surface area (Å²) in [6.45, 7) is 10.1. The first kappa shape index (κ1) is 27.4. The van der Waals surface area contributed by atoms with Crippen molar-refractivity contribution >= 4 is 11.9 Å². The Morgan fingerprint density at radius 2 is 1.32 bits per heavy atom. The van der Waals surface area contributed by atoms with Crippen molar-refractivity contribution < 1.29 is 38.7 Å². The second-order valence-electron chi connectivity index (χ2n) is 9.06. The maximum absolute atomic E-state index is 13.1. The molecule has 8 nitrogen and oxygen atoms in total. The highest BCUT2D eigenvalue weighted by molar-refractivity contribution is 5.98. The molecule has 3 rings (SSSR count). The minimum absolute atomic E-state index is 0.0132. The fourth-order valence-electron chi connectivity index (χ4n) is 3.81. The molecular weight excluding hydrogens is 476 g/mol. The highest BCUT2D eigenvalue weighted by Gasteiger charge is 2.26. The molecule has 0 atom stereocenters. The number of phenolic OH excluding ortho intramolecular Hbond substituents is 2. The molecule has 0 aliphatic carbocycles. The standard InChI is InChI=1S/C29H32O8/c1-15(2)36-28(32)24-17(4)13-23(19(6)27(24)31)37-29(33)25-16(3)12-22(18(5)26(25)30)35-14-20-8-10-21(34-7)11-9-20/h8-13,15,30-31H,14H2,1-7H3. The van der Waals surface area contributed by atoms with Crippen molar-refractivity contribution in [1.29, 1.82) is 0 Å². The van der Waals surface area contributed by atoms with Crippen LogP contribution in [0, 0.1) is 27.7 Å². The van der Waals surface area contributed by atoms with Crippen LogP contribution in [0.4, 0.5) is 0 Å².